The van der Waals surface area contributed by atoms with Crippen LogP contribution >= 0.6 is 0 Å². The Morgan fingerprint density at radius 2 is 1.84 bits per heavy atom. The van der Waals surface area contributed by atoms with Crippen molar-refractivity contribution in [2.75, 3.05) is 18.6 Å². The Hall–Kier alpha value is -2.73. The first-order valence-corrected chi connectivity index (χ1v) is 10.9. The number of benzene rings is 2. The largest absolute Gasteiger partial charge is 0.384 e. The minimum Gasteiger partial charge on any atom is -0.384 e. The van der Waals surface area contributed by atoms with E-state index < -0.39 is 6.04 Å². The number of methoxy groups -OCH3 is 1. The molecule has 2 aromatic carbocycles. The highest BCUT2D eigenvalue weighted by molar-refractivity contribution is 6.01. The zero-order valence-electron chi connectivity index (χ0n) is 18.3. The number of carbonyl (C=O) groups is 2. The number of nitrogens with one attached hydrogen (secondary N) is 1. The van der Waals surface area contributed by atoms with Crippen LogP contribution in [0.4, 0.5) is 10.1 Å². The molecule has 0 radical (unpaired) electrons. The summed E-state index contributed by atoms with van der Waals surface area (Å²) in [6.45, 7) is 2.19. The monoisotopic (exact) mass is 426 g/mol. The third kappa shape index (κ3) is 6.14. The molecule has 6 heteroatoms. The summed E-state index contributed by atoms with van der Waals surface area (Å²) in [6, 6.07) is 12.5. The minimum atomic E-state index is -0.895. The molecule has 0 bridgehead atoms. The van der Waals surface area contributed by atoms with Gasteiger partial charge in [-0.1, -0.05) is 43.5 Å². The van der Waals surface area contributed by atoms with Gasteiger partial charge in [0.25, 0.3) is 0 Å². The van der Waals surface area contributed by atoms with Crippen molar-refractivity contribution in [1.82, 2.24) is 5.32 Å². The second-order valence-electron chi connectivity index (χ2n) is 8.14. The Balaban J connectivity index is 2.01. The molecule has 5 nitrogen and oxygen atoms in total. The average Bonchev–Trinajstić information content (AvgIpc) is 2.77. The van der Waals surface area contributed by atoms with Gasteiger partial charge in [0.15, 0.2) is 0 Å². The van der Waals surface area contributed by atoms with Gasteiger partial charge in [-0.05, 0) is 55.2 Å². The van der Waals surface area contributed by atoms with Gasteiger partial charge < -0.3 is 10.1 Å². The number of ether oxygens (including phenoxy) is 1. The maximum atomic E-state index is 13.6. The van der Waals surface area contributed by atoms with Crippen LogP contribution < -0.4 is 10.2 Å². The first kappa shape index (κ1) is 22.9. The molecule has 0 saturated heterocycles. The fourth-order valence-corrected chi connectivity index (χ4v) is 4.11. The third-order valence-corrected chi connectivity index (χ3v) is 5.71. The molecule has 1 atom stereocenters. The molecule has 0 aliphatic heterocycles. The van der Waals surface area contributed by atoms with Crippen LogP contribution in [0.15, 0.2) is 48.5 Å². The van der Waals surface area contributed by atoms with Crippen molar-refractivity contribution in [2.45, 2.75) is 57.5 Å². The van der Waals surface area contributed by atoms with E-state index in [-0.39, 0.29) is 36.7 Å². The molecule has 0 spiro atoms. The van der Waals surface area contributed by atoms with Gasteiger partial charge in [-0.15, -0.1) is 0 Å². The topological polar surface area (TPSA) is 58.6 Å². The molecule has 1 saturated carbocycles. The van der Waals surface area contributed by atoms with Crippen molar-refractivity contribution in [1.29, 1.82) is 0 Å². The SMILES string of the molecule is COCCC(=O)N(c1cccc(C)c1)C(C(=O)NC1CCCCC1)c1ccc(F)cc1. The number of nitrogens with zero attached hydrogens (tertiary/aromatic N) is 1. The first-order valence-electron chi connectivity index (χ1n) is 10.9. The predicted molar refractivity (Wildman–Crippen MR) is 119 cm³/mol. The highest BCUT2D eigenvalue weighted by Gasteiger charge is 2.34. The molecule has 31 heavy (non-hydrogen) atoms. The second kappa shape index (κ2) is 11.0. The zero-order chi connectivity index (χ0) is 22.2. The Labute approximate surface area is 183 Å². The van der Waals surface area contributed by atoms with E-state index in [1.807, 2.05) is 31.2 Å². The van der Waals surface area contributed by atoms with Crippen LogP contribution in [0, 0.1) is 12.7 Å². The smallest absolute Gasteiger partial charge is 0.248 e. The molecule has 2 aromatic rings. The Kier molecular flexibility index (Phi) is 8.18. The first-order chi connectivity index (χ1) is 15.0. The van der Waals surface area contributed by atoms with Crippen LogP contribution in [0.2, 0.25) is 0 Å². The maximum absolute atomic E-state index is 13.6. The summed E-state index contributed by atoms with van der Waals surface area (Å²) >= 11 is 0. The van der Waals surface area contributed by atoms with Gasteiger partial charge in [0.1, 0.15) is 11.9 Å². The molecular weight excluding hydrogens is 395 g/mol. The van der Waals surface area contributed by atoms with Crippen molar-refractivity contribution < 1.29 is 18.7 Å². The number of halogens is 1. The molecule has 1 fully saturated rings. The van der Waals surface area contributed by atoms with Crippen LogP contribution in [0.5, 0.6) is 0 Å². The van der Waals surface area contributed by atoms with Gasteiger partial charge in [0, 0.05) is 18.8 Å². The molecule has 3 rings (SSSR count). The minimum absolute atomic E-state index is 0.0950. The molecular formula is C25H31FN2O3. The van der Waals surface area contributed by atoms with Gasteiger partial charge in [-0.2, -0.15) is 0 Å². The molecule has 0 aromatic heterocycles. The van der Waals surface area contributed by atoms with Crippen LogP contribution in [0.25, 0.3) is 0 Å². The summed E-state index contributed by atoms with van der Waals surface area (Å²) < 4.78 is 18.7. The number of aryl methyl sites for hydroxylation is 1. The van der Waals surface area contributed by atoms with Crippen LogP contribution in [0.3, 0.4) is 0 Å². The van der Waals surface area contributed by atoms with E-state index in [4.69, 9.17) is 4.74 Å². The van der Waals surface area contributed by atoms with Crippen LogP contribution in [-0.2, 0) is 14.3 Å². The number of amides is 2. The molecule has 1 unspecified atom stereocenters. The molecule has 1 aliphatic carbocycles. The maximum Gasteiger partial charge on any atom is 0.248 e. The van der Waals surface area contributed by atoms with E-state index in [1.165, 1.54) is 30.6 Å². The highest BCUT2D eigenvalue weighted by Crippen LogP contribution is 2.30. The lowest BCUT2D eigenvalue weighted by Crippen LogP contribution is -2.47. The number of carbonyl (C=O) groups excluding carboxylic acids is 2. The van der Waals surface area contributed by atoms with Gasteiger partial charge in [0.05, 0.1) is 13.0 Å². The van der Waals surface area contributed by atoms with E-state index in [1.54, 1.807) is 12.1 Å². The van der Waals surface area contributed by atoms with Crippen LogP contribution in [0.1, 0.15) is 55.7 Å². The number of rotatable bonds is 8. The summed E-state index contributed by atoms with van der Waals surface area (Å²) in [5.41, 5.74) is 2.18. The fraction of sp³-hybridized carbons (Fsp3) is 0.440. The van der Waals surface area contributed by atoms with Gasteiger partial charge in [-0.25, -0.2) is 4.39 Å². The summed E-state index contributed by atoms with van der Waals surface area (Å²) in [7, 11) is 1.54. The quantitative estimate of drug-likeness (QED) is 0.666. The predicted octanol–water partition coefficient (Wildman–Crippen LogP) is 4.69. The fourth-order valence-electron chi connectivity index (χ4n) is 4.11. The summed E-state index contributed by atoms with van der Waals surface area (Å²) in [5.74, 6) is -0.852. The standard InChI is InChI=1S/C25H31FN2O3/c1-18-7-6-10-22(17-18)28(23(29)15-16-31-2)24(19-11-13-20(26)14-12-19)25(30)27-21-8-4-3-5-9-21/h6-7,10-14,17,21,24H,3-5,8-9,15-16H2,1-2H3,(H,27,30). The van der Waals surface area contributed by atoms with Gasteiger partial charge in [-0.3, -0.25) is 14.5 Å². The second-order valence-corrected chi connectivity index (χ2v) is 8.14. The van der Waals surface area contributed by atoms with Crippen molar-refractivity contribution in [2.24, 2.45) is 0 Å². The lowest BCUT2D eigenvalue weighted by molar-refractivity contribution is -0.127. The van der Waals surface area contributed by atoms with Crippen LogP contribution in [-0.4, -0.2) is 31.6 Å². The number of hydrogen-bond acceptors (Lipinski definition) is 3. The van der Waals surface area contributed by atoms with E-state index in [0.29, 0.717) is 11.3 Å². The molecule has 1 aliphatic rings. The average molecular weight is 427 g/mol. The number of hydrogen-bond donors (Lipinski definition) is 1. The Morgan fingerprint density at radius 1 is 1.13 bits per heavy atom. The molecule has 166 valence electrons. The summed E-state index contributed by atoms with van der Waals surface area (Å²) in [5, 5.41) is 3.15. The normalized spacial score (nSPS) is 15.3. The van der Waals surface area contributed by atoms with Crippen molar-refractivity contribution in [3.05, 3.63) is 65.5 Å². The van der Waals surface area contributed by atoms with E-state index in [0.717, 1.165) is 31.2 Å². The molecule has 0 heterocycles. The van der Waals surface area contributed by atoms with E-state index >= 15 is 0 Å². The third-order valence-electron chi connectivity index (χ3n) is 5.71. The Bertz CT molecular complexity index is 879. The Morgan fingerprint density at radius 3 is 2.48 bits per heavy atom. The number of anilines is 1. The zero-order valence-corrected chi connectivity index (χ0v) is 18.3. The highest BCUT2D eigenvalue weighted by atomic mass is 19.1. The van der Waals surface area contributed by atoms with Crippen molar-refractivity contribution in [3.8, 4) is 0 Å². The van der Waals surface area contributed by atoms with Gasteiger partial charge >= 0.3 is 0 Å². The van der Waals surface area contributed by atoms with Gasteiger partial charge in [0.2, 0.25) is 11.8 Å². The molecule has 1 N–H and O–H groups in total. The van der Waals surface area contributed by atoms with E-state index in [2.05, 4.69) is 5.32 Å². The lowest BCUT2D eigenvalue weighted by atomic mass is 9.94. The lowest BCUT2D eigenvalue weighted by Gasteiger charge is -2.33. The summed E-state index contributed by atoms with van der Waals surface area (Å²) in [4.78, 5) is 28.4. The molecule has 2 amide bonds. The van der Waals surface area contributed by atoms with Crippen molar-refractivity contribution >= 4 is 17.5 Å². The van der Waals surface area contributed by atoms with Crippen molar-refractivity contribution in [3.63, 3.8) is 0 Å². The van der Waals surface area contributed by atoms with E-state index in [9.17, 15) is 14.0 Å². The summed E-state index contributed by atoms with van der Waals surface area (Å²) in [6.07, 6.45) is 5.35.